The first-order chi connectivity index (χ1) is 12.0. The molecule has 130 valence electrons. The van der Waals surface area contributed by atoms with Gasteiger partial charge in [-0.15, -0.1) is 0 Å². The van der Waals surface area contributed by atoms with E-state index in [9.17, 15) is 14.4 Å². The van der Waals surface area contributed by atoms with Crippen LogP contribution in [-0.2, 0) is 9.53 Å². The molecule has 8 nitrogen and oxygen atoms in total. The molecule has 1 atom stereocenters. The Balaban J connectivity index is 1.63. The summed E-state index contributed by atoms with van der Waals surface area (Å²) in [6, 6.07) is 5.34. The first kappa shape index (κ1) is 15.8. The molecule has 0 radical (unpaired) electrons. The Labute approximate surface area is 143 Å². The van der Waals surface area contributed by atoms with Crippen LogP contribution in [-0.4, -0.2) is 57.9 Å². The van der Waals surface area contributed by atoms with Crippen molar-refractivity contribution in [2.45, 2.75) is 18.9 Å². The molecule has 0 bridgehead atoms. The van der Waals surface area contributed by atoms with Gasteiger partial charge in [0.25, 0.3) is 11.5 Å². The summed E-state index contributed by atoms with van der Waals surface area (Å²) < 4.78 is 7.11. The lowest BCUT2D eigenvalue weighted by atomic mass is 10.0. The van der Waals surface area contributed by atoms with Gasteiger partial charge in [-0.1, -0.05) is 6.07 Å². The molecule has 0 saturated carbocycles. The number of hydrogen-bond acceptors (Lipinski definition) is 5. The van der Waals surface area contributed by atoms with Gasteiger partial charge in [0.2, 0.25) is 5.91 Å². The molecule has 2 aliphatic rings. The first-order valence-electron chi connectivity index (χ1n) is 8.16. The van der Waals surface area contributed by atoms with Gasteiger partial charge >= 0.3 is 0 Å². The van der Waals surface area contributed by atoms with Gasteiger partial charge in [-0.05, 0) is 25.5 Å². The second-order valence-corrected chi connectivity index (χ2v) is 6.56. The fourth-order valence-electron chi connectivity index (χ4n) is 3.45. The van der Waals surface area contributed by atoms with E-state index in [4.69, 9.17) is 4.74 Å². The zero-order valence-corrected chi connectivity index (χ0v) is 13.8. The molecule has 8 heteroatoms. The number of aromatic nitrogens is 2. The first-order valence-corrected chi connectivity index (χ1v) is 8.16. The van der Waals surface area contributed by atoms with Gasteiger partial charge in [0.05, 0.1) is 6.54 Å². The number of ether oxygens (including phenoxy) is 1. The molecule has 2 aromatic heterocycles. The van der Waals surface area contributed by atoms with Crippen molar-refractivity contribution in [3.63, 3.8) is 0 Å². The number of likely N-dealkylation sites (tertiary alicyclic amines) is 1. The second kappa shape index (κ2) is 5.66. The van der Waals surface area contributed by atoms with Crippen LogP contribution in [0.15, 0.2) is 29.2 Å². The van der Waals surface area contributed by atoms with Crippen LogP contribution in [0.4, 0.5) is 0 Å². The largest absolute Gasteiger partial charge is 0.361 e. The number of carbonyl (C=O) groups is 2. The Morgan fingerprint density at radius 2 is 2.20 bits per heavy atom. The number of nitrogens with one attached hydrogen (secondary N) is 1. The van der Waals surface area contributed by atoms with Crippen molar-refractivity contribution in [3.05, 3.63) is 46.0 Å². The van der Waals surface area contributed by atoms with E-state index in [1.165, 1.54) is 10.6 Å². The number of amides is 2. The van der Waals surface area contributed by atoms with Crippen molar-refractivity contribution in [3.8, 4) is 0 Å². The summed E-state index contributed by atoms with van der Waals surface area (Å²) in [6.45, 7) is 3.01. The minimum Gasteiger partial charge on any atom is -0.361 e. The minimum absolute atomic E-state index is 0.00140. The molecule has 0 aliphatic carbocycles. The highest BCUT2D eigenvalue weighted by atomic mass is 16.5. The summed E-state index contributed by atoms with van der Waals surface area (Å²) >= 11 is 0. The predicted molar refractivity (Wildman–Crippen MR) is 88.4 cm³/mol. The van der Waals surface area contributed by atoms with E-state index in [0.29, 0.717) is 31.7 Å². The zero-order valence-electron chi connectivity index (χ0n) is 13.8. The Morgan fingerprint density at radius 1 is 1.36 bits per heavy atom. The fourth-order valence-corrected chi connectivity index (χ4v) is 3.45. The van der Waals surface area contributed by atoms with Crippen molar-refractivity contribution in [2.24, 2.45) is 0 Å². The molecular weight excluding hydrogens is 324 g/mol. The van der Waals surface area contributed by atoms with E-state index in [-0.39, 0.29) is 29.5 Å². The molecular formula is C17H18N4O4. The molecule has 1 N–H and O–H groups in total. The molecule has 2 saturated heterocycles. The Hall–Kier alpha value is -2.74. The van der Waals surface area contributed by atoms with Crippen LogP contribution in [0.5, 0.6) is 0 Å². The molecule has 2 amide bonds. The van der Waals surface area contributed by atoms with E-state index >= 15 is 0 Å². The van der Waals surface area contributed by atoms with E-state index in [1.54, 1.807) is 24.0 Å². The maximum absolute atomic E-state index is 12.8. The van der Waals surface area contributed by atoms with Gasteiger partial charge in [-0.2, -0.15) is 0 Å². The average molecular weight is 342 g/mol. The summed E-state index contributed by atoms with van der Waals surface area (Å²) in [5.41, 5.74) is 0.356. The molecule has 2 aromatic rings. The van der Waals surface area contributed by atoms with Crippen molar-refractivity contribution < 1.29 is 14.3 Å². The van der Waals surface area contributed by atoms with Gasteiger partial charge in [0, 0.05) is 25.0 Å². The van der Waals surface area contributed by atoms with Gasteiger partial charge in [-0.25, -0.2) is 4.98 Å². The van der Waals surface area contributed by atoms with E-state index in [2.05, 4.69) is 10.3 Å². The van der Waals surface area contributed by atoms with Gasteiger partial charge in [0.15, 0.2) is 0 Å². The maximum atomic E-state index is 12.8. The molecule has 4 rings (SSSR count). The number of rotatable bonds is 1. The quantitative estimate of drug-likeness (QED) is 0.770. The number of nitrogens with zero attached hydrogens (tertiary/aromatic N) is 3. The van der Waals surface area contributed by atoms with E-state index in [1.807, 2.05) is 6.07 Å². The molecule has 1 unspecified atom stereocenters. The van der Waals surface area contributed by atoms with Crippen LogP contribution in [0.1, 0.15) is 22.5 Å². The molecule has 4 heterocycles. The SMILES string of the molecule is Cc1cccc2ncc(C(=O)N3CCC4(CNC(=O)CO4)C3)c(=O)n12. The average Bonchev–Trinajstić information content (AvgIpc) is 3.02. The van der Waals surface area contributed by atoms with Crippen LogP contribution in [0.2, 0.25) is 0 Å². The van der Waals surface area contributed by atoms with Gasteiger partial charge in [0.1, 0.15) is 23.4 Å². The van der Waals surface area contributed by atoms with Crippen molar-refractivity contribution in [2.75, 3.05) is 26.2 Å². The number of fused-ring (bicyclic) bond motifs is 1. The molecule has 25 heavy (non-hydrogen) atoms. The maximum Gasteiger partial charge on any atom is 0.270 e. The smallest absolute Gasteiger partial charge is 0.270 e. The molecule has 2 fully saturated rings. The standard InChI is InChI=1S/C17H18N4O4/c1-11-3-2-4-13-18-7-12(16(24)21(11)13)15(23)20-6-5-17(10-20)9-19-14(22)8-25-17/h2-4,7H,5-6,8-10H2,1H3,(H,19,22). The van der Waals surface area contributed by atoms with Crippen LogP contribution < -0.4 is 10.9 Å². The fraction of sp³-hybridized carbons (Fsp3) is 0.412. The van der Waals surface area contributed by atoms with Crippen molar-refractivity contribution >= 4 is 17.5 Å². The lowest BCUT2D eigenvalue weighted by Gasteiger charge is -2.33. The summed E-state index contributed by atoms with van der Waals surface area (Å²) in [5, 5.41) is 2.78. The number of hydrogen-bond donors (Lipinski definition) is 1. The minimum atomic E-state index is -0.556. The molecule has 1 spiro atoms. The highest BCUT2D eigenvalue weighted by molar-refractivity contribution is 5.94. The van der Waals surface area contributed by atoms with Gasteiger partial charge in [-0.3, -0.25) is 18.8 Å². The highest BCUT2D eigenvalue weighted by Gasteiger charge is 2.44. The summed E-state index contributed by atoms with van der Waals surface area (Å²) in [6.07, 6.45) is 1.97. The number of aryl methyl sites for hydroxylation is 1. The Morgan fingerprint density at radius 3 is 2.96 bits per heavy atom. The summed E-state index contributed by atoms with van der Waals surface area (Å²) in [5.74, 6) is -0.504. The highest BCUT2D eigenvalue weighted by Crippen LogP contribution is 2.27. The third-order valence-electron chi connectivity index (χ3n) is 4.88. The normalized spacial score (nSPS) is 23.2. The lowest BCUT2D eigenvalue weighted by molar-refractivity contribution is -0.141. The van der Waals surface area contributed by atoms with E-state index in [0.717, 1.165) is 5.69 Å². The van der Waals surface area contributed by atoms with E-state index < -0.39 is 5.60 Å². The Bertz CT molecular complexity index is 926. The number of morpholine rings is 1. The van der Waals surface area contributed by atoms with Crippen LogP contribution in [0, 0.1) is 6.92 Å². The summed E-state index contributed by atoms with van der Waals surface area (Å²) in [7, 11) is 0. The Kier molecular flexibility index (Phi) is 3.57. The van der Waals surface area contributed by atoms with Crippen LogP contribution >= 0.6 is 0 Å². The predicted octanol–water partition coefficient (Wildman–Crippen LogP) is -0.266. The van der Waals surface area contributed by atoms with Crippen molar-refractivity contribution in [1.29, 1.82) is 0 Å². The van der Waals surface area contributed by atoms with Crippen molar-refractivity contribution in [1.82, 2.24) is 19.6 Å². The molecule has 2 aliphatic heterocycles. The second-order valence-electron chi connectivity index (χ2n) is 6.56. The third-order valence-corrected chi connectivity index (χ3v) is 4.88. The van der Waals surface area contributed by atoms with Crippen LogP contribution in [0.3, 0.4) is 0 Å². The van der Waals surface area contributed by atoms with Crippen LogP contribution in [0.25, 0.3) is 5.65 Å². The lowest BCUT2D eigenvalue weighted by Crippen LogP contribution is -2.54. The number of carbonyl (C=O) groups excluding carboxylic acids is 2. The molecule has 0 aromatic carbocycles. The number of pyridine rings is 1. The topological polar surface area (TPSA) is 93.0 Å². The van der Waals surface area contributed by atoms with Gasteiger partial charge < -0.3 is 15.0 Å². The zero-order chi connectivity index (χ0) is 17.6. The monoisotopic (exact) mass is 342 g/mol. The third kappa shape index (κ3) is 2.58. The summed E-state index contributed by atoms with van der Waals surface area (Å²) in [4.78, 5) is 42.7.